The molecule has 3 aromatic rings. The number of ether oxygens (including phenoxy) is 4. The fourth-order valence-electron chi connectivity index (χ4n) is 3.88. The van der Waals surface area contributed by atoms with Crippen LogP contribution in [0.25, 0.3) is 10.9 Å². The van der Waals surface area contributed by atoms with Crippen LogP contribution in [0.5, 0.6) is 23.0 Å². The zero-order valence-electron chi connectivity index (χ0n) is 19.1. The molecule has 2 aromatic carbocycles. The van der Waals surface area contributed by atoms with E-state index in [0.717, 1.165) is 48.9 Å². The Morgan fingerprint density at radius 1 is 0.875 bits per heavy atom. The summed E-state index contributed by atoms with van der Waals surface area (Å²) in [6, 6.07) is 9.08. The van der Waals surface area contributed by atoms with Crippen molar-refractivity contribution >= 4 is 16.7 Å². The smallest absolute Gasteiger partial charge is 0.203 e. The number of aryl methyl sites for hydroxylation is 1. The summed E-state index contributed by atoms with van der Waals surface area (Å²) in [5.41, 5.74) is 2.01. The van der Waals surface area contributed by atoms with Gasteiger partial charge in [0.05, 0.1) is 34.0 Å². The first-order valence-corrected chi connectivity index (χ1v) is 10.7. The average molecular weight is 442 g/mol. The molecule has 0 amide bonds. The maximum absolute atomic E-state index is 13.6. The number of methoxy groups -OCH3 is 4. The Morgan fingerprint density at radius 2 is 1.56 bits per heavy atom. The van der Waals surface area contributed by atoms with Crippen LogP contribution < -0.4 is 18.9 Å². The van der Waals surface area contributed by atoms with Crippen LogP contribution in [-0.4, -0.2) is 50.5 Å². The number of rotatable bonds is 12. The standard InChI is InChI=1S/C25H31NO6/c1-29-18-9-10-19-20(16-26(21(19)15-18)11-7-5-6-8-12-27)24(28)17-13-22(30-2)25(32-4)23(14-17)31-3/h9-10,13-16,27H,5-8,11-12H2,1-4H3. The number of hydrogen-bond donors (Lipinski definition) is 1. The van der Waals surface area contributed by atoms with Crippen molar-refractivity contribution in [2.45, 2.75) is 32.2 Å². The third kappa shape index (κ3) is 4.83. The van der Waals surface area contributed by atoms with E-state index in [-0.39, 0.29) is 12.4 Å². The normalized spacial score (nSPS) is 10.9. The van der Waals surface area contributed by atoms with E-state index in [4.69, 9.17) is 24.1 Å². The number of hydrogen-bond acceptors (Lipinski definition) is 6. The summed E-state index contributed by atoms with van der Waals surface area (Å²) in [5, 5.41) is 9.84. The topological polar surface area (TPSA) is 79.2 Å². The predicted octanol–water partition coefficient (Wildman–Crippen LogP) is 4.46. The Bertz CT molecular complexity index is 1050. The SMILES string of the molecule is COc1ccc2c(C(=O)c3cc(OC)c(OC)c(OC)c3)cn(CCCCCCO)c2c1. The maximum Gasteiger partial charge on any atom is 0.203 e. The molecule has 0 atom stereocenters. The number of nitrogens with zero attached hydrogens (tertiary/aromatic N) is 1. The van der Waals surface area contributed by atoms with Crippen molar-refractivity contribution in [3.63, 3.8) is 0 Å². The van der Waals surface area contributed by atoms with Crippen molar-refractivity contribution in [1.29, 1.82) is 0 Å². The van der Waals surface area contributed by atoms with Crippen LogP contribution in [0.15, 0.2) is 36.5 Å². The van der Waals surface area contributed by atoms with Gasteiger partial charge in [0, 0.05) is 41.9 Å². The highest BCUT2D eigenvalue weighted by atomic mass is 16.5. The van der Waals surface area contributed by atoms with Gasteiger partial charge in [-0.25, -0.2) is 0 Å². The first kappa shape index (κ1) is 23.5. The highest BCUT2D eigenvalue weighted by molar-refractivity contribution is 6.17. The number of carbonyl (C=O) groups excluding carboxylic acids is 1. The molecular formula is C25H31NO6. The van der Waals surface area contributed by atoms with E-state index in [1.54, 1.807) is 19.2 Å². The highest BCUT2D eigenvalue weighted by Crippen LogP contribution is 2.39. The molecule has 3 rings (SSSR count). The Hall–Kier alpha value is -3.19. The Kier molecular flexibility index (Phi) is 8.00. The van der Waals surface area contributed by atoms with Crippen LogP contribution in [-0.2, 0) is 6.54 Å². The molecule has 0 saturated heterocycles. The lowest BCUT2D eigenvalue weighted by molar-refractivity contribution is 0.103. The molecule has 0 spiro atoms. The molecule has 0 fully saturated rings. The number of ketones is 1. The molecule has 7 heteroatoms. The quantitative estimate of drug-likeness (QED) is 0.330. The van der Waals surface area contributed by atoms with Gasteiger partial charge in [-0.2, -0.15) is 0 Å². The van der Waals surface area contributed by atoms with Gasteiger partial charge in [0.2, 0.25) is 5.75 Å². The molecule has 0 aliphatic heterocycles. The number of unbranched alkanes of at least 4 members (excludes halogenated alkanes) is 3. The summed E-state index contributed by atoms with van der Waals surface area (Å²) in [5.74, 6) is 1.93. The molecule has 1 aromatic heterocycles. The zero-order valence-corrected chi connectivity index (χ0v) is 19.1. The second-order valence-corrected chi connectivity index (χ2v) is 7.50. The molecule has 7 nitrogen and oxygen atoms in total. The molecule has 0 saturated carbocycles. The van der Waals surface area contributed by atoms with Crippen molar-refractivity contribution < 1.29 is 28.8 Å². The van der Waals surface area contributed by atoms with Gasteiger partial charge in [-0.3, -0.25) is 4.79 Å². The largest absolute Gasteiger partial charge is 0.497 e. The van der Waals surface area contributed by atoms with E-state index in [2.05, 4.69) is 4.57 Å². The average Bonchev–Trinajstić information content (AvgIpc) is 3.19. The Labute approximate surface area is 188 Å². The maximum atomic E-state index is 13.6. The molecule has 1 N–H and O–H groups in total. The van der Waals surface area contributed by atoms with Crippen molar-refractivity contribution in [2.75, 3.05) is 35.0 Å². The molecule has 0 radical (unpaired) electrons. The number of benzene rings is 2. The monoisotopic (exact) mass is 441 g/mol. The molecule has 32 heavy (non-hydrogen) atoms. The summed E-state index contributed by atoms with van der Waals surface area (Å²) in [6.45, 7) is 0.995. The van der Waals surface area contributed by atoms with E-state index < -0.39 is 0 Å². The predicted molar refractivity (Wildman–Crippen MR) is 124 cm³/mol. The lowest BCUT2D eigenvalue weighted by atomic mass is 10.0. The van der Waals surface area contributed by atoms with Gasteiger partial charge in [-0.05, 0) is 37.1 Å². The van der Waals surface area contributed by atoms with Crippen LogP contribution in [0, 0.1) is 0 Å². The summed E-state index contributed by atoms with van der Waals surface area (Å²) >= 11 is 0. The Morgan fingerprint density at radius 3 is 2.16 bits per heavy atom. The van der Waals surface area contributed by atoms with E-state index in [0.29, 0.717) is 28.4 Å². The molecular weight excluding hydrogens is 410 g/mol. The van der Waals surface area contributed by atoms with Crippen molar-refractivity contribution in [1.82, 2.24) is 4.57 Å². The zero-order chi connectivity index (χ0) is 23.1. The van der Waals surface area contributed by atoms with E-state index in [1.165, 1.54) is 21.3 Å². The number of fused-ring (bicyclic) bond motifs is 1. The molecule has 0 aliphatic carbocycles. The number of aromatic nitrogens is 1. The van der Waals surface area contributed by atoms with Crippen LogP contribution in [0.3, 0.4) is 0 Å². The minimum Gasteiger partial charge on any atom is -0.497 e. The summed E-state index contributed by atoms with van der Waals surface area (Å²) in [4.78, 5) is 13.6. The number of carbonyl (C=O) groups is 1. The van der Waals surface area contributed by atoms with Crippen LogP contribution in [0.4, 0.5) is 0 Å². The van der Waals surface area contributed by atoms with Gasteiger partial charge in [0.1, 0.15) is 5.75 Å². The third-order valence-electron chi connectivity index (χ3n) is 5.57. The fourth-order valence-corrected chi connectivity index (χ4v) is 3.88. The molecule has 0 aliphatic rings. The van der Waals surface area contributed by atoms with Crippen molar-refractivity contribution in [2.24, 2.45) is 0 Å². The summed E-state index contributed by atoms with van der Waals surface area (Å²) in [6.07, 6.45) is 5.67. The second-order valence-electron chi connectivity index (χ2n) is 7.50. The first-order chi connectivity index (χ1) is 15.6. The minimum atomic E-state index is -0.126. The first-order valence-electron chi connectivity index (χ1n) is 10.7. The van der Waals surface area contributed by atoms with E-state index in [9.17, 15) is 4.79 Å². The van der Waals surface area contributed by atoms with Gasteiger partial charge in [0.15, 0.2) is 17.3 Å². The van der Waals surface area contributed by atoms with Gasteiger partial charge in [0.25, 0.3) is 0 Å². The van der Waals surface area contributed by atoms with Gasteiger partial charge in [-0.1, -0.05) is 12.8 Å². The molecule has 0 unspecified atom stereocenters. The molecule has 172 valence electrons. The highest BCUT2D eigenvalue weighted by Gasteiger charge is 2.21. The van der Waals surface area contributed by atoms with E-state index in [1.807, 2.05) is 24.4 Å². The van der Waals surface area contributed by atoms with Crippen molar-refractivity contribution in [3.05, 3.63) is 47.7 Å². The molecule has 1 heterocycles. The summed E-state index contributed by atoms with van der Waals surface area (Å²) in [7, 11) is 6.22. The third-order valence-corrected chi connectivity index (χ3v) is 5.57. The summed E-state index contributed by atoms with van der Waals surface area (Å²) < 4.78 is 23.7. The minimum absolute atomic E-state index is 0.126. The van der Waals surface area contributed by atoms with Gasteiger partial charge >= 0.3 is 0 Å². The number of aliphatic hydroxyl groups excluding tert-OH is 1. The van der Waals surface area contributed by atoms with E-state index >= 15 is 0 Å². The van der Waals surface area contributed by atoms with Crippen LogP contribution in [0.2, 0.25) is 0 Å². The lowest BCUT2D eigenvalue weighted by Gasteiger charge is -2.13. The second kappa shape index (κ2) is 10.9. The van der Waals surface area contributed by atoms with Crippen LogP contribution in [0.1, 0.15) is 41.6 Å². The Balaban J connectivity index is 2.01. The van der Waals surface area contributed by atoms with Crippen molar-refractivity contribution in [3.8, 4) is 23.0 Å². The van der Waals surface area contributed by atoms with Crippen LogP contribution >= 0.6 is 0 Å². The lowest BCUT2D eigenvalue weighted by Crippen LogP contribution is -2.04. The fraction of sp³-hybridized carbons (Fsp3) is 0.400. The van der Waals surface area contributed by atoms with Gasteiger partial charge < -0.3 is 28.6 Å². The number of aliphatic hydroxyl groups is 1. The van der Waals surface area contributed by atoms with Gasteiger partial charge in [-0.15, -0.1) is 0 Å². The molecule has 0 bridgehead atoms.